The molecule has 3 heterocycles. The summed E-state index contributed by atoms with van der Waals surface area (Å²) >= 11 is 0. The molecule has 0 amide bonds. The SMILES string of the molecule is CCCC(O)Cn1cc(CN2CCN(c3nccnc3-c3ccc(F)cc3)CC2)cn1. The zero-order chi connectivity index (χ0) is 21.6. The van der Waals surface area contributed by atoms with Crippen molar-refractivity contribution in [3.05, 3.63) is 60.4 Å². The molecular formula is C23H29FN6O. The van der Waals surface area contributed by atoms with Gasteiger partial charge in [-0.15, -0.1) is 0 Å². The number of piperazine rings is 1. The van der Waals surface area contributed by atoms with E-state index >= 15 is 0 Å². The maximum absolute atomic E-state index is 13.3. The van der Waals surface area contributed by atoms with Crippen LogP contribution in [0.15, 0.2) is 49.1 Å². The lowest BCUT2D eigenvalue weighted by Gasteiger charge is -2.35. The third kappa shape index (κ3) is 5.45. The monoisotopic (exact) mass is 424 g/mol. The van der Waals surface area contributed by atoms with Gasteiger partial charge in [0.15, 0.2) is 5.82 Å². The van der Waals surface area contributed by atoms with Crippen LogP contribution in [-0.2, 0) is 13.1 Å². The molecule has 1 saturated heterocycles. The highest BCUT2D eigenvalue weighted by atomic mass is 19.1. The summed E-state index contributed by atoms with van der Waals surface area (Å²) in [5.74, 6) is 0.581. The molecule has 0 bridgehead atoms. The summed E-state index contributed by atoms with van der Waals surface area (Å²) < 4.78 is 15.1. The number of aliphatic hydroxyl groups excluding tert-OH is 1. The molecule has 0 aliphatic carbocycles. The molecule has 1 fully saturated rings. The third-order valence-corrected chi connectivity index (χ3v) is 5.58. The summed E-state index contributed by atoms with van der Waals surface area (Å²) in [7, 11) is 0. The molecule has 4 rings (SSSR count). The molecule has 0 spiro atoms. The van der Waals surface area contributed by atoms with Crippen LogP contribution in [0, 0.1) is 5.82 Å². The van der Waals surface area contributed by atoms with Crippen LogP contribution in [0.5, 0.6) is 0 Å². The van der Waals surface area contributed by atoms with Crippen LogP contribution in [0.1, 0.15) is 25.3 Å². The van der Waals surface area contributed by atoms with Gasteiger partial charge in [-0.1, -0.05) is 13.3 Å². The van der Waals surface area contributed by atoms with Gasteiger partial charge < -0.3 is 10.0 Å². The molecule has 31 heavy (non-hydrogen) atoms. The molecule has 1 atom stereocenters. The van der Waals surface area contributed by atoms with Crippen molar-refractivity contribution >= 4 is 5.82 Å². The summed E-state index contributed by atoms with van der Waals surface area (Å²) in [4.78, 5) is 13.7. The van der Waals surface area contributed by atoms with Crippen molar-refractivity contribution < 1.29 is 9.50 Å². The maximum Gasteiger partial charge on any atom is 0.155 e. The molecule has 1 N–H and O–H groups in total. The predicted octanol–water partition coefficient (Wildman–Crippen LogP) is 2.96. The van der Waals surface area contributed by atoms with Gasteiger partial charge in [-0.05, 0) is 30.7 Å². The van der Waals surface area contributed by atoms with E-state index in [0.29, 0.717) is 6.54 Å². The normalized spacial score (nSPS) is 15.9. The number of aliphatic hydroxyl groups is 1. The van der Waals surface area contributed by atoms with E-state index in [1.807, 2.05) is 17.1 Å². The fourth-order valence-corrected chi connectivity index (χ4v) is 3.98. The van der Waals surface area contributed by atoms with E-state index < -0.39 is 0 Å². The van der Waals surface area contributed by atoms with Gasteiger partial charge in [-0.3, -0.25) is 14.6 Å². The summed E-state index contributed by atoms with van der Waals surface area (Å²) in [6.45, 7) is 6.95. The Morgan fingerprint density at radius 2 is 1.81 bits per heavy atom. The first-order chi connectivity index (χ1) is 15.1. The van der Waals surface area contributed by atoms with E-state index in [1.54, 1.807) is 24.5 Å². The Hall–Kier alpha value is -2.84. The second-order valence-electron chi connectivity index (χ2n) is 8.01. The number of rotatable bonds is 8. The van der Waals surface area contributed by atoms with Crippen LogP contribution in [0.2, 0.25) is 0 Å². The fourth-order valence-electron chi connectivity index (χ4n) is 3.98. The number of hydrogen-bond acceptors (Lipinski definition) is 6. The summed E-state index contributed by atoms with van der Waals surface area (Å²) in [5, 5.41) is 14.4. The minimum absolute atomic E-state index is 0.258. The summed E-state index contributed by atoms with van der Waals surface area (Å²) in [6, 6.07) is 6.39. The number of hydrogen-bond donors (Lipinski definition) is 1. The van der Waals surface area contributed by atoms with Crippen LogP contribution in [0.25, 0.3) is 11.3 Å². The quantitative estimate of drug-likeness (QED) is 0.600. The number of nitrogens with zero attached hydrogens (tertiary/aromatic N) is 6. The zero-order valence-electron chi connectivity index (χ0n) is 17.9. The lowest BCUT2D eigenvalue weighted by Crippen LogP contribution is -2.46. The second-order valence-corrected chi connectivity index (χ2v) is 8.01. The smallest absolute Gasteiger partial charge is 0.155 e. The van der Waals surface area contributed by atoms with Crippen molar-refractivity contribution in [2.45, 2.75) is 39.0 Å². The van der Waals surface area contributed by atoms with Gasteiger partial charge in [-0.25, -0.2) is 9.37 Å². The highest BCUT2D eigenvalue weighted by Crippen LogP contribution is 2.27. The molecule has 0 radical (unpaired) electrons. The average molecular weight is 425 g/mol. The van der Waals surface area contributed by atoms with Crippen molar-refractivity contribution in [3.63, 3.8) is 0 Å². The Morgan fingerprint density at radius 3 is 2.55 bits per heavy atom. The van der Waals surface area contributed by atoms with Gasteiger partial charge in [0.25, 0.3) is 0 Å². The fraction of sp³-hybridized carbons (Fsp3) is 0.435. The Kier molecular flexibility index (Phi) is 6.89. The maximum atomic E-state index is 13.3. The third-order valence-electron chi connectivity index (χ3n) is 5.58. The van der Waals surface area contributed by atoms with Crippen molar-refractivity contribution in [1.29, 1.82) is 0 Å². The second kappa shape index (κ2) is 9.98. The molecular weight excluding hydrogens is 395 g/mol. The van der Waals surface area contributed by atoms with Gasteiger partial charge in [0.05, 0.1) is 18.8 Å². The first-order valence-corrected chi connectivity index (χ1v) is 10.9. The summed E-state index contributed by atoms with van der Waals surface area (Å²) in [5.41, 5.74) is 2.80. The van der Waals surface area contributed by atoms with Gasteiger partial charge in [0, 0.05) is 62.4 Å². The van der Waals surface area contributed by atoms with Crippen molar-refractivity contribution in [2.75, 3.05) is 31.1 Å². The lowest BCUT2D eigenvalue weighted by atomic mass is 10.1. The van der Waals surface area contributed by atoms with Gasteiger partial charge in [0.2, 0.25) is 0 Å². The van der Waals surface area contributed by atoms with Gasteiger partial charge in [-0.2, -0.15) is 5.10 Å². The summed E-state index contributed by atoms with van der Waals surface area (Å²) in [6.07, 6.45) is 8.71. The first kappa shape index (κ1) is 21.4. The number of halogens is 1. The van der Waals surface area contributed by atoms with Crippen molar-refractivity contribution in [1.82, 2.24) is 24.6 Å². The van der Waals surface area contributed by atoms with Crippen LogP contribution >= 0.6 is 0 Å². The Morgan fingerprint density at radius 1 is 1.06 bits per heavy atom. The van der Waals surface area contributed by atoms with Crippen LogP contribution in [-0.4, -0.2) is 62.0 Å². The highest BCUT2D eigenvalue weighted by molar-refractivity contribution is 5.72. The first-order valence-electron chi connectivity index (χ1n) is 10.9. The molecule has 0 saturated carbocycles. The standard InChI is InChI=1S/C23H29FN6O/c1-2-3-21(31)17-30-16-18(14-27-30)15-28-10-12-29(13-11-28)23-22(25-8-9-26-23)19-4-6-20(24)7-5-19/h4-9,14,16,21,31H,2-3,10-13,15,17H2,1H3. The van der Waals surface area contributed by atoms with E-state index in [4.69, 9.17) is 0 Å². The number of aromatic nitrogens is 4. The Bertz CT molecular complexity index is 968. The van der Waals surface area contributed by atoms with E-state index in [0.717, 1.165) is 68.2 Å². The van der Waals surface area contributed by atoms with Crippen molar-refractivity contribution in [3.8, 4) is 11.3 Å². The van der Waals surface area contributed by atoms with Gasteiger partial charge in [0.1, 0.15) is 11.5 Å². The molecule has 2 aromatic heterocycles. The Labute approximate surface area is 182 Å². The average Bonchev–Trinajstić information content (AvgIpc) is 3.21. The van der Waals surface area contributed by atoms with E-state index in [-0.39, 0.29) is 11.9 Å². The molecule has 1 aliphatic heterocycles. The van der Waals surface area contributed by atoms with Crippen LogP contribution < -0.4 is 4.90 Å². The number of benzene rings is 1. The molecule has 8 heteroatoms. The van der Waals surface area contributed by atoms with Gasteiger partial charge >= 0.3 is 0 Å². The molecule has 1 unspecified atom stereocenters. The zero-order valence-corrected chi connectivity index (χ0v) is 17.9. The van der Waals surface area contributed by atoms with Crippen LogP contribution in [0.4, 0.5) is 10.2 Å². The number of anilines is 1. The minimum Gasteiger partial charge on any atom is -0.391 e. The molecule has 1 aliphatic rings. The van der Waals surface area contributed by atoms with Crippen LogP contribution in [0.3, 0.4) is 0 Å². The molecule has 164 valence electrons. The van der Waals surface area contributed by atoms with E-state index in [2.05, 4.69) is 31.8 Å². The molecule has 7 nitrogen and oxygen atoms in total. The molecule has 1 aromatic carbocycles. The highest BCUT2D eigenvalue weighted by Gasteiger charge is 2.22. The minimum atomic E-state index is -0.344. The van der Waals surface area contributed by atoms with E-state index in [9.17, 15) is 9.50 Å². The predicted molar refractivity (Wildman–Crippen MR) is 118 cm³/mol. The van der Waals surface area contributed by atoms with Crippen molar-refractivity contribution in [2.24, 2.45) is 0 Å². The Balaban J connectivity index is 1.36. The molecule has 3 aromatic rings. The lowest BCUT2D eigenvalue weighted by molar-refractivity contribution is 0.139. The largest absolute Gasteiger partial charge is 0.391 e. The topological polar surface area (TPSA) is 70.3 Å². The van der Waals surface area contributed by atoms with E-state index in [1.165, 1.54) is 12.1 Å².